The van der Waals surface area contributed by atoms with Crippen LogP contribution in [0.3, 0.4) is 0 Å². The molecule has 7 heteroatoms. The lowest BCUT2D eigenvalue weighted by Gasteiger charge is -2.47. The summed E-state index contributed by atoms with van der Waals surface area (Å²) < 4.78 is 18.5. The van der Waals surface area contributed by atoms with Gasteiger partial charge in [-0.2, -0.15) is 5.26 Å². The smallest absolute Gasteiger partial charge is 0.266 e. The van der Waals surface area contributed by atoms with E-state index in [1.165, 1.54) is 0 Å². The molecule has 0 aliphatic carbocycles. The molecule has 2 aromatic carbocycles. The fourth-order valence-electron chi connectivity index (χ4n) is 3.97. The molecule has 3 atom stereocenters. The molecule has 3 unspecified atom stereocenters. The molecule has 2 aliphatic rings. The van der Waals surface area contributed by atoms with Crippen LogP contribution >= 0.6 is 15.9 Å². The molecular formula is C23H23BrN2O4. The topological polar surface area (TPSA) is 71.8 Å². The molecule has 6 nitrogen and oxygen atoms in total. The van der Waals surface area contributed by atoms with Crippen molar-refractivity contribution in [1.82, 2.24) is 4.90 Å². The van der Waals surface area contributed by atoms with E-state index >= 15 is 0 Å². The molecular weight excluding hydrogens is 448 g/mol. The summed E-state index contributed by atoms with van der Waals surface area (Å²) in [4.78, 5) is 14.9. The Hall–Kier alpha value is -2.56. The molecule has 0 saturated carbocycles. The van der Waals surface area contributed by atoms with Crippen LogP contribution in [0, 0.1) is 11.3 Å². The predicted octanol–water partition coefficient (Wildman–Crippen LogP) is 4.23. The zero-order valence-electron chi connectivity index (χ0n) is 16.7. The van der Waals surface area contributed by atoms with Crippen molar-refractivity contribution >= 4 is 21.8 Å². The summed E-state index contributed by atoms with van der Waals surface area (Å²) in [6.07, 6.45) is 1.40. The van der Waals surface area contributed by atoms with Crippen molar-refractivity contribution in [2.75, 3.05) is 19.8 Å². The minimum absolute atomic E-state index is 0.0673. The number of ether oxygens (including phenoxy) is 3. The number of carbonyl (C=O) groups excluding carboxylic acids is 1. The monoisotopic (exact) mass is 470 g/mol. The Balaban J connectivity index is 1.61. The summed E-state index contributed by atoms with van der Waals surface area (Å²) in [5.41, 5.74) is 1.48. The van der Waals surface area contributed by atoms with Crippen molar-refractivity contribution in [1.29, 1.82) is 5.26 Å². The molecule has 2 heterocycles. The second-order valence-corrected chi connectivity index (χ2v) is 8.29. The van der Waals surface area contributed by atoms with Gasteiger partial charge in [-0.3, -0.25) is 4.79 Å². The van der Waals surface area contributed by atoms with E-state index in [9.17, 15) is 4.79 Å². The molecule has 2 fully saturated rings. The Morgan fingerprint density at radius 3 is 2.83 bits per heavy atom. The largest absolute Gasteiger partial charge is 0.490 e. The van der Waals surface area contributed by atoms with Gasteiger partial charge in [0.1, 0.15) is 6.04 Å². The highest BCUT2D eigenvalue weighted by Gasteiger charge is 2.51. The number of halogens is 1. The average Bonchev–Trinajstić information content (AvgIpc) is 3.27. The number of rotatable bonds is 7. The van der Waals surface area contributed by atoms with Gasteiger partial charge in [-0.05, 0) is 49.6 Å². The van der Waals surface area contributed by atoms with Crippen LogP contribution in [-0.2, 0) is 9.53 Å². The Kier molecular flexibility index (Phi) is 6.26. The van der Waals surface area contributed by atoms with E-state index in [0.717, 1.165) is 29.5 Å². The van der Waals surface area contributed by atoms with E-state index in [2.05, 4.69) is 22.0 Å². The van der Waals surface area contributed by atoms with Crippen molar-refractivity contribution in [2.45, 2.75) is 38.0 Å². The van der Waals surface area contributed by atoms with Gasteiger partial charge in [-0.15, -0.1) is 0 Å². The third-order valence-electron chi connectivity index (χ3n) is 5.39. The molecule has 2 saturated heterocycles. The Morgan fingerprint density at radius 2 is 2.13 bits per heavy atom. The average molecular weight is 471 g/mol. The summed E-state index contributed by atoms with van der Waals surface area (Å²) in [5.74, 6) is 0.864. The molecule has 2 aromatic rings. The lowest BCUT2D eigenvalue weighted by Crippen LogP contribution is -2.62. The summed E-state index contributed by atoms with van der Waals surface area (Å²) in [6.45, 7) is 3.60. The van der Waals surface area contributed by atoms with Crippen LogP contribution in [0.25, 0.3) is 0 Å². The Morgan fingerprint density at radius 1 is 1.27 bits per heavy atom. The molecule has 0 spiro atoms. The molecule has 0 bridgehead atoms. The zero-order valence-corrected chi connectivity index (χ0v) is 18.3. The van der Waals surface area contributed by atoms with Gasteiger partial charge in [0.05, 0.1) is 24.3 Å². The van der Waals surface area contributed by atoms with Crippen LogP contribution in [0.15, 0.2) is 46.9 Å². The number of carbonyl (C=O) groups is 1. The molecule has 2 aliphatic heterocycles. The lowest BCUT2D eigenvalue weighted by atomic mass is 9.90. The van der Waals surface area contributed by atoms with Crippen molar-refractivity contribution < 1.29 is 19.0 Å². The van der Waals surface area contributed by atoms with Crippen molar-refractivity contribution in [3.8, 4) is 17.6 Å². The van der Waals surface area contributed by atoms with Crippen molar-refractivity contribution in [3.63, 3.8) is 0 Å². The van der Waals surface area contributed by atoms with Gasteiger partial charge in [-0.25, -0.2) is 0 Å². The minimum Gasteiger partial charge on any atom is -0.490 e. The quantitative estimate of drug-likeness (QED) is 0.566. The Labute approximate surface area is 184 Å². The third-order valence-corrected chi connectivity index (χ3v) is 5.88. The normalized spacial score (nSPS) is 23.0. The highest BCUT2D eigenvalue weighted by Crippen LogP contribution is 2.41. The first-order valence-corrected chi connectivity index (χ1v) is 10.9. The number of amides is 1. The van der Waals surface area contributed by atoms with E-state index in [1.54, 1.807) is 18.2 Å². The van der Waals surface area contributed by atoms with Crippen LogP contribution in [0.2, 0.25) is 0 Å². The van der Waals surface area contributed by atoms with Crippen molar-refractivity contribution in [2.24, 2.45) is 0 Å². The maximum Gasteiger partial charge on any atom is 0.266 e. The van der Waals surface area contributed by atoms with Crippen LogP contribution < -0.4 is 9.47 Å². The standard InChI is InChI=1S/C23H23BrN2O4/c1-2-28-20-11-15(13-25)8-9-19(20)30-22-21(16-5-3-6-17(24)12-16)26(23(22)27)14-18-7-4-10-29-18/h3,5-6,8-9,11-12,18,21-22H,2,4,7,10,14H2,1H3. The molecule has 156 valence electrons. The van der Waals surface area contributed by atoms with E-state index < -0.39 is 6.10 Å². The van der Waals surface area contributed by atoms with Gasteiger partial charge in [0.25, 0.3) is 5.91 Å². The minimum atomic E-state index is -0.659. The zero-order chi connectivity index (χ0) is 21.1. The van der Waals surface area contributed by atoms with Gasteiger partial charge in [0.15, 0.2) is 11.5 Å². The molecule has 4 rings (SSSR count). The van der Waals surface area contributed by atoms with Crippen LogP contribution in [0.1, 0.15) is 36.9 Å². The highest BCUT2D eigenvalue weighted by molar-refractivity contribution is 9.10. The maximum atomic E-state index is 13.1. The molecule has 0 radical (unpaired) electrons. The second kappa shape index (κ2) is 9.07. The van der Waals surface area contributed by atoms with Crippen molar-refractivity contribution in [3.05, 3.63) is 58.1 Å². The van der Waals surface area contributed by atoms with E-state index in [1.807, 2.05) is 36.1 Å². The molecule has 1 amide bonds. The number of nitriles is 1. The number of nitrogens with zero attached hydrogens (tertiary/aromatic N) is 2. The van der Waals surface area contributed by atoms with Gasteiger partial charge >= 0.3 is 0 Å². The SMILES string of the molecule is CCOc1cc(C#N)ccc1OC1C(=O)N(CC2CCCO2)C1c1cccc(Br)c1. The van der Waals surface area contributed by atoms with Gasteiger partial charge in [0.2, 0.25) is 6.10 Å². The fourth-order valence-corrected chi connectivity index (χ4v) is 4.39. The van der Waals surface area contributed by atoms with E-state index in [0.29, 0.717) is 30.2 Å². The molecule has 0 N–H and O–H groups in total. The number of benzene rings is 2. The van der Waals surface area contributed by atoms with Crippen LogP contribution in [0.4, 0.5) is 0 Å². The third kappa shape index (κ3) is 4.16. The summed E-state index contributed by atoms with van der Waals surface area (Å²) in [7, 11) is 0. The van der Waals surface area contributed by atoms with E-state index in [-0.39, 0.29) is 18.1 Å². The van der Waals surface area contributed by atoms with Gasteiger partial charge in [0, 0.05) is 23.7 Å². The fraction of sp³-hybridized carbons (Fsp3) is 0.391. The van der Waals surface area contributed by atoms with Crippen LogP contribution in [0.5, 0.6) is 11.5 Å². The number of β-lactam (4-membered cyclic amide) rings is 1. The lowest BCUT2D eigenvalue weighted by molar-refractivity contribution is -0.167. The Bertz CT molecular complexity index is 968. The number of hydrogen-bond donors (Lipinski definition) is 0. The number of hydrogen-bond acceptors (Lipinski definition) is 5. The van der Waals surface area contributed by atoms with Gasteiger partial charge < -0.3 is 19.1 Å². The summed E-state index contributed by atoms with van der Waals surface area (Å²) in [6, 6.07) is 14.8. The molecule has 30 heavy (non-hydrogen) atoms. The second-order valence-electron chi connectivity index (χ2n) is 7.37. The first-order chi connectivity index (χ1) is 14.6. The van der Waals surface area contributed by atoms with E-state index in [4.69, 9.17) is 19.5 Å². The summed E-state index contributed by atoms with van der Waals surface area (Å²) in [5, 5.41) is 9.17. The highest BCUT2D eigenvalue weighted by atomic mass is 79.9. The first kappa shape index (κ1) is 20.7. The van der Waals surface area contributed by atoms with Crippen LogP contribution in [-0.4, -0.2) is 42.8 Å². The molecule has 0 aromatic heterocycles. The predicted molar refractivity (Wildman–Crippen MR) is 114 cm³/mol. The first-order valence-electron chi connectivity index (χ1n) is 10.1. The maximum absolute atomic E-state index is 13.1. The summed E-state index contributed by atoms with van der Waals surface area (Å²) >= 11 is 3.52. The number of likely N-dealkylation sites (tertiary alicyclic amines) is 1. The van der Waals surface area contributed by atoms with Gasteiger partial charge in [-0.1, -0.05) is 28.1 Å².